The Balaban J connectivity index is 0.955. The number of para-hydroxylation sites is 2. The first-order valence-electron chi connectivity index (χ1n) is 19.0. The maximum atomic E-state index is 6.51. The van der Waals surface area contributed by atoms with Crippen LogP contribution < -0.4 is 0 Å². The number of aromatic nitrogens is 4. The number of hydrogen-bond acceptors (Lipinski definition) is 5. The molecule has 0 saturated heterocycles. The zero-order chi connectivity index (χ0) is 37.5. The van der Waals surface area contributed by atoms with Gasteiger partial charge in [-0.05, 0) is 77.9 Å². The molecule has 0 bridgehead atoms. The quantitative estimate of drug-likeness (QED) is 0.176. The van der Waals surface area contributed by atoms with E-state index in [0.29, 0.717) is 17.5 Å². The third kappa shape index (κ3) is 5.12. The zero-order valence-corrected chi connectivity index (χ0v) is 31.2. The second-order valence-corrected chi connectivity index (χ2v) is 15.4. The van der Waals surface area contributed by atoms with Crippen LogP contribution in [-0.4, -0.2) is 19.5 Å². The fraction of sp³-hybridized carbons (Fsp3) is 0. The van der Waals surface area contributed by atoms with Crippen molar-refractivity contribution < 1.29 is 4.42 Å². The molecule has 0 fully saturated rings. The smallest absolute Gasteiger partial charge is 0.164 e. The summed E-state index contributed by atoms with van der Waals surface area (Å²) in [6.07, 6.45) is 0. The average molecular weight is 747 g/mol. The van der Waals surface area contributed by atoms with Crippen LogP contribution in [0.5, 0.6) is 0 Å². The van der Waals surface area contributed by atoms with Gasteiger partial charge in [0.2, 0.25) is 0 Å². The van der Waals surface area contributed by atoms with Crippen molar-refractivity contribution in [1.82, 2.24) is 19.5 Å². The van der Waals surface area contributed by atoms with Gasteiger partial charge < -0.3 is 8.98 Å². The van der Waals surface area contributed by atoms with Gasteiger partial charge in [-0.1, -0.05) is 115 Å². The van der Waals surface area contributed by atoms with Crippen LogP contribution in [0.15, 0.2) is 186 Å². The molecule has 0 N–H and O–H groups in total. The third-order valence-corrected chi connectivity index (χ3v) is 12.3. The molecule has 0 unspecified atom stereocenters. The number of nitrogens with zero attached hydrogens (tertiary/aromatic N) is 4. The van der Waals surface area contributed by atoms with Gasteiger partial charge in [0.25, 0.3) is 0 Å². The Morgan fingerprint density at radius 1 is 0.386 bits per heavy atom. The number of hydrogen-bond donors (Lipinski definition) is 0. The monoisotopic (exact) mass is 746 g/mol. The van der Waals surface area contributed by atoms with Crippen molar-refractivity contribution in [3.05, 3.63) is 182 Å². The summed E-state index contributed by atoms with van der Waals surface area (Å²) in [4.78, 5) is 15.1. The van der Waals surface area contributed by atoms with E-state index >= 15 is 0 Å². The van der Waals surface area contributed by atoms with E-state index in [1.54, 1.807) is 0 Å². The Morgan fingerprint density at radius 2 is 0.982 bits per heavy atom. The van der Waals surface area contributed by atoms with E-state index in [1.165, 1.54) is 53.1 Å². The summed E-state index contributed by atoms with van der Waals surface area (Å²) in [7, 11) is 0. The maximum Gasteiger partial charge on any atom is 0.164 e. The molecule has 0 aliphatic carbocycles. The number of fused-ring (bicyclic) bond motifs is 9. The predicted octanol–water partition coefficient (Wildman–Crippen LogP) is 13.9. The van der Waals surface area contributed by atoms with Gasteiger partial charge in [0.15, 0.2) is 17.5 Å². The van der Waals surface area contributed by atoms with E-state index in [1.807, 2.05) is 41.7 Å². The van der Waals surface area contributed by atoms with Crippen LogP contribution in [0, 0.1) is 0 Å². The molecule has 0 aliphatic heterocycles. The van der Waals surface area contributed by atoms with Gasteiger partial charge in [0, 0.05) is 64.1 Å². The van der Waals surface area contributed by atoms with E-state index in [2.05, 4.69) is 156 Å². The molecule has 12 rings (SSSR count). The van der Waals surface area contributed by atoms with E-state index in [0.717, 1.165) is 44.3 Å². The van der Waals surface area contributed by atoms with E-state index in [-0.39, 0.29) is 0 Å². The van der Waals surface area contributed by atoms with Crippen molar-refractivity contribution >= 4 is 75.3 Å². The molecule has 6 heteroatoms. The minimum absolute atomic E-state index is 0.588. The number of furan rings is 1. The fourth-order valence-corrected chi connectivity index (χ4v) is 9.61. The molecular weight excluding hydrogens is 717 g/mol. The van der Waals surface area contributed by atoms with Gasteiger partial charge >= 0.3 is 0 Å². The lowest BCUT2D eigenvalue weighted by Gasteiger charge is -2.11. The molecule has 266 valence electrons. The number of rotatable bonds is 5. The van der Waals surface area contributed by atoms with Crippen LogP contribution in [-0.2, 0) is 0 Å². The van der Waals surface area contributed by atoms with E-state index in [4.69, 9.17) is 19.4 Å². The van der Waals surface area contributed by atoms with Crippen molar-refractivity contribution in [2.45, 2.75) is 0 Å². The topological polar surface area (TPSA) is 56.7 Å². The summed E-state index contributed by atoms with van der Waals surface area (Å²) in [6.45, 7) is 0. The van der Waals surface area contributed by atoms with Gasteiger partial charge in [0.05, 0.1) is 11.0 Å². The van der Waals surface area contributed by atoms with Crippen LogP contribution in [0.4, 0.5) is 0 Å². The molecule has 0 saturated carbocycles. The van der Waals surface area contributed by atoms with E-state index < -0.39 is 0 Å². The minimum Gasteiger partial charge on any atom is -0.456 e. The molecule has 0 radical (unpaired) electrons. The second-order valence-electron chi connectivity index (χ2n) is 14.4. The number of benzene rings is 8. The molecule has 12 aromatic rings. The van der Waals surface area contributed by atoms with Crippen LogP contribution in [0.3, 0.4) is 0 Å². The Labute approximate surface area is 330 Å². The highest BCUT2D eigenvalue weighted by atomic mass is 32.1. The average Bonchev–Trinajstić information content (AvgIpc) is 3.96. The fourth-order valence-electron chi connectivity index (χ4n) is 8.37. The third-order valence-electron chi connectivity index (χ3n) is 11.1. The largest absolute Gasteiger partial charge is 0.456 e. The molecule has 0 aliphatic rings. The van der Waals surface area contributed by atoms with Crippen molar-refractivity contribution in [2.75, 3.05) is 0 Å². The van der Waals surface area contributed by atoms with Crippen LogP contribution in [0.25, 0.3) is 115 Å². The molecule has 0 atom stereocenters. The highest BCUT2D eigenvalue weighted by Gasteiger charge is 2.17. The van der Waals surface area contributed by atoms with Gasteiger partial charge in [0.1, 0.15) is 11.2 Å². The summed E-state index contributed by atoms with van der Waals surface area (Å²) < 4.78 is 11.4. The van der Waals surface area contributed by atoms with Crippen molar-refractivity contribution in [3.63, 3.8) is 0 Å². The summed E-state index contributed by atoms with van der Waals surface area (Å²) in [5.41, 5.74) is 10.2. The van der Waals surface area contributed by atoms with Crippen LogP contribution in [0.1, 0.15) is 0 Å². The molecular formula is C51H30N4OS. The van der Waals surface area contributed by atoms with Crippen molar-refractivity contribution in [2.24, 2.45) is 0 Å². The van der Waals surface area contributed by atoms with Crippen molar-refractivity contribution in [3.8, 4) is 51.0 Å². The normalized spacial score (nSPS) is 11.9. The Kier molecular flexibility index (Phi) is 7.03. The Morgan fingerprint density at radius 3 is 1.74 bits per heavy atom. The highest BCUT2D eigenvalue weighted by Crippen LogP contribution is 2.42. The first-order valence-corrected chi connectivity index (χ1v) is 19.8. The van der Waals surface area contributed by atoms with Gasteiger partial charge in [-0.3, -0.25) is 0 Å². The standard InChI is InChI=1S/C51H30N4OS/c1-2-11-31(12-3-1)49-52-50(32-21-25-35(26-22-32)55-43-18-7-4-13-37(43)38-14-5-8-19-44(38)55)54-51(53-49)34-23-27-39-42-29-33(24-28-45(42)56-46(39)30-34)36-16-10-17-41-40-15-6-9-20-47(40)57-48(36)41/h1-30H. The lowest BCUT2D eigenvalue weighted by atomic mass is 10.0. The van der Waals surface area contributed by atoms with Gasteiger partial charge in [-0.2, -0.15) is 0 Å². The lowest BCUT2D eigenvalue weighted by Crippen LogP contribution is -2.00. The lowest BCUT2D eigenvalue weighted by molar-refractivity contribution is 0.669. The molecule has 0 spiro atoms. The molecule has 57 heavy (non-hydrogen) atoms. The summed E-state index contributed by atoms with van der Waals surface area (Å²) in [5.74, 6) is 1.81. The number of thiophene rings is 1. The van der Waals surface area contributed by atoms with Crippen molar-refractivity contribution in [1.29, 1.82) is 0 Å². The molecule has 8 aromatic carbocycles. The predicted molar refractivity (Wildman–Crippen MR) is 236 cm³/mol. The molecule has 0 amide bonds. The summed E-state index contributed by atoms with van der Waals surface area (Å²) >= 11 is 1.85. The minimum atomic E-state index is 0.588. The first kappa shape index (κ1) is 31.9. The maximum absolute atomic E-state index is 6.51. The second kappa shape index (κ2) is 12.6. The molecule has 5 nitrogen and oxygen atoms in total. The Hall–Kier alpha value is -7.41. The SMILES string of the molecule is c1ccc(-c2nc(-c3ccc(-n4c5ccccc5c5ccccc54)cc3)nc(-c3ccc4c(c3)oc3ccc(-c5cccc6c5sc5ccccc56)cc34)n2)cc1. The van der Waals surface area contributed by atoms with Gasteiger partial charge in [-0.25, -0.2) is 15.0 Å². The first-order chi connectivity index (χ1) is 28.2. The van der Waals surface area contributed by atoms with E-state index in [9.17, 15) is 0 Å². The molecule has 4 aromatic heterocycles. The Bertz CT molecular complexity index is 3470. The van der Waals surface area contributed by atoms with Crippen LogP contribution in [0.2, 0.25) is 0 Å². The molecule has 4 heterocycles. The highest BCUT2D eigenvalue weighted by molar-refractivity contribution is 7.26. The van der Waals surface area contributed by atoms with Gasteiger partial charge in [-0.15, -0.1) is 11.3 Å². The summed E-state index contributed by atoms with van der Waals surface area (Å²) in [5, 5.41) is 7.20. The van der Waals surface area contributed by atoms with Crippen LogP contribution >= 0.6 is 11.3 Å². The zero-order valence-electron chi connectivity index (χ0n) is 30.4. The summed E-state index contributed by atoms with van der Waals surface area (Å²) in [6, 6.07) is 63.8.